The van der Waals surface area contributed by atoms with Crippen molar-refractivity contribution in [2.24, 2.45) is 5.92 Å². The number of aliphatic carboxylic acids is 1. The Morgan fingerprint density at radius 2 is 2.10 bits per heavy atom. The van der Waals surface area contributed by atoms with Crippen molar-refractivity contribution in [1.29, 1.82) is 0 Å². The highest BCUT2D eigenvalue weighted by Gasteiger charge is 2.22. The SMILES string of the molecule is CC1CCC(=O)C=C1c1ccc(OCC(=O)O)c(Cl)c1Cl. The molecule has 21 heavy (non-hydrogen) atoms. The molecule has 0 amide bonds. The van der Waals surface area contributed by atoms with Gasteiger partial charge in [0.15, 0.2) is 12.4 Å². The second-order valence-corrected chi connectivity index (χ2v) is 5.68. The van der Waals surface area contributed by atoms with Crippen LogP contribution in [0.3, 0.4) is 0 Å². The predicted octanol–water partition coefficient (Wildman–Crippen LogP) is 3.84. The van der Waals surface area contributed by atoms with Gasteiger partial charge in [-0.1, -0.05) is 30.1 Å². The number of ketones is 1. The zero-order chi connectivity index (χ0) is 15.6. The summed E-state index contributed by atoms with van der Waals surface area (Å²) in [6, 6.07) is 3.27. The summed E-state index contributed by atoms with van der Waals surface area (Å²) in [5, 5.41) is 9.03. The maximum Gasteiger partial charge on any atom is 0.341 e. The van der Waals surface area contributed by atoms with E-state index < -0.39 is 12.6 Å². The zero-order valence-electron chi connectivity index (χ0n) is 11.4. The lowest BCUT2D eigenvalue weighted by atomic mass is 9.84. The molecule has 1 atom stereocenters. The van der Waals surface area contributed by atoms with Crippen LogP contribution in [0.1, 0.15) is 25.3 Å². The van der Waals surface area contributed by atoms with Crippen LogP contribution in [0.25, 0.3) is 5.57 Å². The number of hydrogen-bond acceptors (Lipinski definition) is 3. The van der Waals surface area contributed by atoms with E-state index >= 15 is 0 Å². The molecule has 1 aliphatic rings. The Bertz CT molecular complexity index is 622. The number of rotatable bonds is 4. The first-order valence-electron chi connectivity index (χ1n) is 6.47. The summed E-state index contributed by atoms with van der Waals surface area (Å²) in [6.07, 6.45) is 2.91. The summed E-state index contributed by atoms with van der Waals surface area (Å²) >= 11 is 12.4. The second kappa shape index (κ2) is 6.50. The molecular formula is C15H14Cl2O4. The van der Waals surface area contributed by atoms with Crippen LogP contribution < -0.4 is 4.74 Å². The predicted molar refractivity (Wildman–Crippen MR) is 81.0 cm³/mol. The molecule has 1 N–H and O–H groups in total. The van der Waals surface area contributed by atoms with Crippen LogP contribution in [0.15, 0.2) is 18.2 Å². The van der Waals surface area contributed by atoms with Crippen molar-refractivity contribution in [2.75, 3.05) is 6.61 Å². The number of carbonyl (C=O) groups is 2. The smallest absolute Gasteiger partial charge is 0.341 e. The Hall–Kier alpha value is -1.52. The quantitative estimate of drug-likeness (QED) is 0.912. The molecule has 0 spiro atoms. The fraction of sp³-hybridized carbons (Fsp3) is 0.333. The first kappa shape index (κ1) is 15.9. The highest BCUT2D eigenvalue weighted by atomic mass is 35.5. The first-order chi connectivity index (χ1) is 9.90. The van der Waals surface area contributed by atoms with Gasteiger partial charge in [0.25, 0.3) is 0 Å². The second-order valence-electron chi connectivity index (χ2n) is 4.93. The molecule has 0 aromatic heterocycles. The number of carboxylic acid groups (broad SMARTS) is 1. The third kappa shape index (κ3) is 3.57. The van der Waals surface area contributed by atoms with Gasteiger partial charge in [-0.25, -0.2) is 4.79 Å². The molecule has 112 valence electrons. The van der Waals surface area contributed by atoms with Crippen LogP contribution in [-0.2, 0) is 9.59 Å². The van der Waals surface area contributed by atoms with Crippen LogP contribution in [0.2, 0.25) is 10.0 Å². The van der Waals surface area contributed by atoms with Gasteiger partial charge in [-0.15, -0.1) is 0 Å². The lowest BCUT2D eigenvalue weighted by Crippen LogP contribution is -2.12. The summed E-state index contributed by atoms with van der Waals surface area (Å²) < 4.78 is 5.07. The highest BCUT2D eigenvalue weighted by molar-refractivity contribution is 6.44. The third-order valence-corrected chi connectivity index (χ3v) is 4.24. The average molecular weight is 329 g/mol. The number of carbonyl (C=O) groups excluding carboxylic acids is 1. The van der Waals surface area contributed by atoms with Gasteiger partial charge in [-0.05, 0) is 41.7 Å². The number of halogens is 2. The lowest BCUT2D eigenvalue weighted by molar-refractivity contribution is -0.139. The van der Waals surface area contributed by atoms with Crippen molar-refractivity contribution in [2.45, 2.75) is 19.8 Å². The molecule has 4 nitrogen and oxygen atoms in total. The van der Waals surface area contributed by atoms with Gasteiger partial charge < -0.3 is 9.84 Å². The Balaban J connectivity index is 2.36. The monoisotopic (exact) mass is 328 g/mol. The summed E-state index contributed by atoms with van der Waals surface area (Å²) in [5.74, 6) is -0.604. The van der Waals surface area contributed by atoms with E-state index in [-0.39, 0.29) is 27.5 Å². The Morgan fingerprint density at radius 1 is 1.38 bits per heavy atom. The van der Waals surface area contributed by atoms with E-state index in [2.05, 4.69) is 0 Å². The normalized spacial score (nSPS) is 18.3. The molecule has 0 radical (unpaired) electrons. The van der Waals surface area contributed by atoms with E-state index in [1.54, 1.807) is 18.2 Å². The zero-order valence-corrected chi connectivity index (χ0v) is 12.9. The Morgan fingerprint density at radius 3 is 2.76 bits per heavy atom. The minimum absolute atomic E-state index is 0.0708. The van der Waals surface area contributed by atoms with Crippen molar-refractivity contribution >= 4 is 40.5 Å². The van der Waals surface area contributed by atoms with Crippen molar-refractivity contribution in [3.8, 4) is 5.75 Å². The molecule has 1 aromatic rings. The van der Waals surface area contributed by atoms with Crippen molar-refractivity contribution in [3.63, 3.8) is 0 Å². The summed E-state index contributed by atoms with van der Waals surface area (Å²) in [6.45, 7) is 1.53. The molecule has 0 bridgehead atoms. The van der Waals surface area contributed by atoms with E-state index in [0.717, 1.165) is 12.0 Å². The Labute approximate surface area is 132 Å². The summed E-state index contributed by atoms with van der Waals surface area (Å²) in [5.41, 5.74) is 1.54. The summed E-state index contributed by atoms with van der Waals surface area (Å²) in [4.78, 5) is 22.1. The topological polar surface area (TPSA) is 63.6 Å². The molecule has 6 heteroatoms. The minimum atomic E-state index is -1.10. The van der Waals surface area contributed by atoms with Gasteiger partial charge in [-0.3, -0.25) is 4.79 Å². The maximum absolute atomic E-state index is 11.6. The molecule has 0 heterocycles. The third-order valence-electron chi connectivity index (χ3n) is 3.38. The fourth-order valence-electron chi connectivity index (χ4n) is 2.25. The van der Waals surface area contributed by atoms with Crippen molar-refractivity contribution in [1.82, 2.24) is 0 Å². The number of hydrogen-bond donors (Lipinski definition) is 1. The minimum Gasteiger partial charge on any atom is -0.480 e. The summed E-state index contributed by atoms with van der Waals surface area (Å²) in [7, 11) is 0. The van der Waals surface area contributed by atoms with Gasteiger partial charge in [0.05, 0.1) is 5.02 Å². The molecule has 1 aromatic carbocycles. The van der Waals surface area contributed by atoms with Crippen molar-refractivity contribution < 1.29 is 19.4 Å². The fourth-order valence-corrected chi connectivity index (χ4v) is 2.74. The number of benzene rings is 1. The number of carboxylic acids is 1. The maximum atomic E-state index is 11.6. The molecule has 0 aliphatic heterocycles. The molecule has 0 saturated heterocycles. The van der Waals surface area contributed by atoms with Gasteiger partial charge in [0.2, 0.25) is 0 Å². The Kier molecular flexibility index (Phi) is 4.91. The highest BCUT2D eigenvalue weighted by Crippen LogP contribution is 2.41. The number of ether oxygens (including phenoxy) is 1. The van der Waals surface area contributed by atoms with E-state index in [0.29, 0.717) is 12.0 Å². The average Bonchev–Trinajstić information content (AvgIpc) is 2.43. The van der Waals surface area contributed by atoms with E-state index in [1.165, 1.54) is 0 Å². The van der Waals surface area contributed by atoms with E-state index in [1.807, 2.05) is 6.92 Å². The van der Waals surface area contributed by atoms with Gasteiger partial charge in [0.1, 0.15) is 10.8 Å². The van der Waals surface area contributed by atoms with Crippen LogP contribution in [0.4, 0.5) is 0 Å². The van der Waals surface area contributed by atoms with Crippen molar-refractivity contribution in [3.05, 3.63) is 33.8 Å². The van der Waals surface area contributed by atoms with Gasteiger partial charge >= 0.3 is 5.97 Å². The molecule has 2 rings (SSSR count). The standard InChI is InChI=1S/C15H14Cl2O4/c1-8-2-3-9(18)6-11(8)10-4-5-12(15(17)14(10)16)21-7-13(19)20/h4-6,8H,2-3,7H2,1H3,(H,19,20). The van der Waals surface area contributed by atoms with Crippen LogP contribution in [-0.4, -0.2) is 23.5 Å². The van der Waals surface area contributed by atoms with Crippen LogP contribution >= 0.6 is 23.2 Å². The van der Waals surface area contributed by atoms with Gasteiger partial charge in [0, 0.05) is 6.42 Å². The molecule has 1 unspecified atom stereocenters. The van der Waals surface area contributed by atoms with Gasteiger partial charge in [-0.2, -0.15) is 0 Å². The molecule has 0 fully saturated rings. The first-order valence-corrected chi connectivity index (χ1v) is 7.23. The molecule has 0 saturated carbocycles. The molecule has 1 aliphatic carbocycles. The largest absolute Gasteiger partial charge is 0.480 e. The van der Waals surface area contributed by atoms with E-state index in [4.69, 9.17) is 33.0 Å². The van der Waals surface area contributed by atoms with Crippen LogP contribution in [0, 0.1) is 5.92 Å². The number of allylic oxidation sites excluding steroid dienone is 2. The van der Waals surface area contributed by atoms with Crippen LogP contribution in [0.5, 0.6) is 5.75 Å². The van der Waals surface area contributed by atoms with E-state index in [9.17, 15) is 9.59 Å². The lowest BCUT2D eigenvalue weighted by Gasteiger charge is -2.22. The molecular weight excluding hydrogens is 315 g/mol.